The average molecular weight is 236 g/mol. The van der Waals surface area contributed by atoms with E-state index in [0.717, 1.165) is 6.54 Å². The minimum Gasteiger partial charge on any atom is -0.383 e. The number of nitrogens with one attached hydrogen (secondary N) is 2. The van der Waals surface area contributed by atoms with Crippen LogP contribution in [0.1, 0.15) is 18.5 Å². The number of carbonyl (C=O) groups excluding carboxylic acids is 1. The molecule has 0 aromatic heterocycles. The highest BCUT2D eigenvalue weighted by Gasteiger charge is 2.09. The molecule has 1 atom stereocenters. The maximum Gasteiger partial charge on any atom is 0.216 e. The van der Waals surface area contributed by atoms with Gasteiger partial charge in [0, 0.05) is 27.1 Å². The van der Waals surface area contributed by atoms with Gasteiger partial charge in [-0.3, -0.25) is 4.79 Å². The molecule has 4 heteroatoms. The van der Waals surface area contributed by atoms with E-state index in [9.17, 15) is 4.79 Å². The van der Waals surface area contributed by atoms with E-state index >= 15 is 0 Å². The summed E-state index contributed by atoms with van der Waals surface area (Å²) >= 11 is 0. The standard InChI is InChI=1S/C13H20N2O2/c1-11(16)14-8-9-15-13(10-17-2)12-6-4-3-5-7-12/h3-7,13,15H,8-10H2,1-2H3,(H,14,16). The van der Waals surface area contributed by atoms with Crippen molar-refractivity contribution < 1.29 is 9.53 Å². The topological polar surface area (TPSA) is 50.4 Å². The van der Waals surface area contributed by atoms with Crippen LogP contribution >= 0.6 is 0 Å². The third-order valence-electron chi connectivity index (χ3n) is 2.42. The Labute approximate surface area is 102 Å². The minimum absolute atomic E-state index is 0.00481. The highest BCUT2D eigenvalue weighted by molar-refractivity contribution is 5.72. The van der Waals surface area contributed by atoms with E-state index in [0.29, 0.717) is 13.2 Å². The minimum atomic E-state index is -0.00481. The predicted octanol–water partition coefficient (Wildman–Crippen LogP) is 1.10. The molecule has 0 spiro atoms. The molecule has 0 aliphatic carbocycles. The molecule has 94 valence electrons. The van der Waals surface area contributed by atoms with Crippen molar-refractivity contribution in [3.05, 3.63) is 35.9 Å². The van der Waals surface area contributed by atoms with Crippen molar-refractivity contribution in [1.29, 1.82) is 0 Å². The highest BCUT2D eigenvalue weighted by Crippen LogP contribution is 2.11. The second kappa shape index (κ2) is 7.81. The van der Waals surface area contributed by atoms with E-state index in [-0.39, 0.29) is 11.9 Å². The first-order valence-electron chi connectivity index (χ1n) is 5.75. The molecule has 0 fully saturated rings. The number of carbonyl (C=O) groups is 1. The molecular formula is C13H20N2O2. The Bertz CT molecular complexity index is 327. The van der Waals surface area contributed by atoms with Gasteiger partial charge < -0.3 is 15.4 Å². The fourth-order valence-electron chi connectivity index (χ4n) is 1.61. The van der Waals surface area contributed by atoms with Crippen LogP contribution in [0.3, 0.4) is 0 Å². The maximum atomic E-state index is 10.7. The van der Waals surface area contributed by atoms with E-state index in [1.54, 1.807) is 7.11 Å². The summed E-state index contributed by atoms with van der Waals surface area (Å²) in [7, 11) is 1.69. The van der Waals surface area contributed by atoms with Gasteiger partial charge in [-0.2, -0.15) is 0 Å². The molecule has 17 heavy (non-hydrogen) atoms. The van der Waals surface area contributed by atoms with E-state index < -0.39 is 0 Å². The smallest absolute Gasteiger partial charge is 0.216 e. The van der Waals surface area contributed by atoms with Gasteiger partial charge in [-0.1, -0.05) is 30.3 Å². The fourth-order valence-corrected chi connectivity index (χ4v) is 1.61. The second-order valence-corrected chi connectivity index (χ2v) is 3.86. The molecule has 0 saturated carbocycles. The van der Waals surface area contributed by atoms with Crippen LogP contribution in [0.2, 0.25) is 0 Å². The third-order valence-corrected chi connectivity index (χ3v) is 2.42. The second-order valence-electron chi connectivity index (χ2n) is 3.86. The average Bonchev–Trinajstić information content (AvgIpc) is 2.34. The number of amides is 1. The largest absolute Gasteiger partial charge is 0.383 e. The van der Waals surface area contributed by atoms with Crippen molar-refractivity contribution >= 4 is 5.91 Å². The van der Waals surface area contributed by atoms with Gasteiger partial charge in [0.2, 0.25) is 5.91 Å². The summed E-state index contributed by atoms with van der Waals surface area (Å²) in [5.74, 6) is -0.00481. The number of rotatable bonds is 7. The molecule has 2 N–H and O–H groups in total. The first-order valence-corrected chi connectivity index (χ1v) is 5.75. The zero-order valence-electron chi connectivity index (χ0n) is 10.4. The lowest BCUT2D eigenvalue weighted by Gasteiger charge is -2.18. The number of ether oxygens (including phenoxy) is 1. The van der Waals surface area contributed by atoms with Crippen molar-refractivity contribution in [3.8, 4) is 0 Å². The Morgan fingerprint density at radius 2 is 2.00 bits per heavy atom. The van der Waals surface area contributed by atoms with Crippen molar-refractivity contribution in [2.75, 3.05) is 26.8 Å². The van der Waals surface area contributed by atoms with Crippen LogP contribution in [0.5, 0.6) is 0 Å². The Morgan fingerprint density at radius 3 is 2.59 bits per heavy atom. The van der Waals surface area contributed by atoms with Gasteiger partial charge in [0.25, 0.3) is 0 Å². The van der Waals surface area contributed by atoms with E-state index in [1.165, 1.54) is 12.5 Å². The zero-order valence-corrected chi connectivity index (χ0v) is 10.4. The summed E-state index contributed by atoms with van der Waals surface area (Å²) in [5, 5.41) is 6.10. The summed E-state index contributed by atoms with van der Waals surface area (Å²) in [6.45, 7) is 3.48. The van der Waals surface area contributed by atoms with Crippen molar-refractivity contribution in [3.63, 3.8) is 0 Å². The molecule has 0 aliphatic heterocycles. The number of hydrogen-bond acceptors (Lipinski definition) is 3. The molecule has 0 aliphatic rings. The van der Waals surface area contributed by atoms with Gasteiger partial charge in [-0.05, 0) is 5.56 Å². The van der Waals surface area contributed by atoms with Gasteiger partial charge in [-0.15, -0.1) is 0 Å². The van der Waals surface area contributed by atoms with Crippen LogP contribution in [-0.2, 0) is 9.53 Å². The summed E-state index contributed by atoms with van der Waals surface area (Å²) in [4.78, 5) is 10.7. The molecular weight excluding hydrogens is 216 g/mol. The summed E-state index contributed by atoms with van der Waals surface area (Å²) in [6, 6.07) is 10.3. The summed E-state index contributed by atoms with van der Waals surface area (Å²) < 4.78 is 5.19. The summed E-state index contributed by atoms with van der Waals surface area (Å²) in [5.41, 5.74) is 1.19. The molecule has 4 nitrogen and oxygen atoms in total. The molecule has 1 rings (SSSR count). The van der Waals surface area contributed by atoms with Gasteiger partial charge in [-0.25, -0.2) is 0 Å². The Balaban J connectivity index is 2.41. The number of benzene rings is 1. The van der Waals surface area contributed by atoms with Gasteiger partial charge in [0.1, 0.15) is 0 Å². The lowest BCUT2D eigenvalue weighted by atomic mass is 10.1. The van der Waals surface area contributed by atoms with Gasteiger partial charge >= 0.3 is 0 Å². The first kappa shape index (κ1) is 13.7. The molecule has 1 aromatic rings. The Hall–Kier alpha value is -1.39. The molecule has 1 unspecified atom stereocenters. The molecule has 0 bridgehead atoms. The Kier molecular flexibility index (Phi) is 6.29. The molecule has 0 saturated heterocycles. The highest BCUT2D eigenvalue weighted by atomic mass is 16.5. The molecule has 1 amide bonds. The van der Waals surface area contributed by atoms with E-state index in [2.05, 4.69) is 22.8 Å². The SMILES string of the molecule is COCC(NCCNC(C)=O)c1ccccc1. The normalized spacial score (nSPS) is 12.1. The van der Waals surface area contributed by atoms with Crippen LogP contribution < -0.4 is 10.6 Å². The quantitative estimate of drug-likeness (QED) is 0.697. The van der Waals surface area contributed by atoms with Gasteiger partial charge in [0.15, 0.2) is 0 Å². The number of methoxy groups -OCH3 is 1. The van der Waals surface area contributed by atoms with Crippen LogP contribution in [0.25, 0.3) is 0 Å². The zero-order chi connectivity index (χ0) is 12.5. The van der Waals surface area contributed by atoms with Crippen LogP contribution in [0.4, 0.5) is 0 Å². The lowest BCUT2D eigenvalue weighted by molar-refractivity contribution is -0.118. The van der Waals surface area contributed by atoms with Crippen LogP contribution in [0, 0.1) is 0 Å². The predicted molar refractivity (Wildman–Crippen MR) is 67.7 cm³/mol. The molecule has 0 radical (unpaired) electrons. The molecule has 0 heterocycles. The van der Waals surface area contributed by atoms with Crippen LogP contribution in [-0.4, -0.2) is 32.7 Å². The first-order chi connectivity index (χ1) is 8.24. The lowest BCUT2D eigenvalue weighted by Crippen LogP contribution is -2.34. The third kappa shape index (κ3) is 5.47. The monoisotopic (exact) mass is 236 g/mol. The number of hydrogen-bond donors (Lipinski definition) is 2. The van der Waals surface area contributed by atoms with Crippen molar-refractivity contribution in [2.45, 2.75) is 13.0 Å². The van der Waals surface area contributed by atoms with E-state index in [1.807, 2.05) is 18.2 Å². The van der Waals surface area contributed by atoms with Crippen molar-refractivity contribution in [1.82, 2.24) is 10.6 Å². The fraction of sp³-hybridized carbons (Fsp3) is 0.462. The van der Waals surface area contributed by atoms with Crippen LogP contribution in [0.15, 0.2) is 30.3 Å². The van der Waals surface area contributed by atoms with E-state index in [4.69, 9.17) is 4.74 Å². The van der Waals surface area contributed by atoms with Gasteiger partial charge in [0.05, 0.1) is 12.6 Å². The summed E-state index contributed by atoms with van der Waals surface area (Å²) in [6.07, 6.45) is 0. The maximum absolute atomic E-state index is 10.7. The molecule has 1 aromatic carbocycles. The Morgan fingerprint density at radius 1 is 1.29 bits per heavy atom. The van der Waals surface area contributed by atoms with Crippen molar-refractivity contribution in [2.24, 2.45) is 0 Å².